The van der Waals surface area contributed by atoms with Crippen LogP contribution < -0.4 is 5.73 Å². The summed E-state index contributed by atoms with van der Waals surface area (Å²) < 4.78 is 0. The van der Waals surface area contributed by atoms with Gasteiger partial charge < -0.3 is 10.6 Å². The number of nitrogens with zero attached hydrogens (tertiary/aromatic N) is 1. The summed E-state index contributed by atoms with van der Waals surface area (Å²) in [5, 5.41) is 0. The normalized spacial score (nSPS) is 22.5. The van der Waals surface area contributed by atoms with Crippen molar-refractivity contribution >= 4 is 11.8 Å². The fraction of sp³-hybridized carbons (Fsp3) is 0.733. The van der Waals surface area contributed by atoms with Crippen LogP contribution in [0.15, 0.2) is 12.7 Å². The first-order valence-electron chi connectivity index (χ1n) is 7.26. The van der Waals surface area contributed by atoms with E-state index in [-0.39, 0.29) is 17.9 Å². The molecule has 0 aliphatic carbocycles. The van der Waals surface area contributed by atoms with E-state index in [1.807, 2.05) is 6.08 Å². The number of primary amides is 1. The lowest BCUT2D eigenvalue weighted by Gasteiger charge is -2.22. The second-order valence-electron chi connectivity index (χ2n) is 5.55. The van der Waals surface area contributed by atoms with Gasteiger partial charge in [0.2, 0.25) is 11.8 Å². The third-order valence-corrected chi connectivity index (χ3v) is 3.71. The summed E-state index contributed by atoms with van der Waals surface area (Å²) in [6, 6.07) is -0.386. The number of nitrogens with two attached hydrogens (primary N) is 1. The van der Waals surface area contributed by atoms with Gasteiger partial charge in [-0.2, -0.15) is 0 Å². The average molecular weight is 266 g/mol. The van der Waals surface area contributed by atoms with Gasteiger partial charge in [-0.05, 0) is 31.6 Å². The molecule has 1 aliphatic heterocycles. The topological polar surface area (TPSA) is 63.4 Å². The zero-order valence-corrected chi connectivity index (χ0v) is 11.9. The van der Waals surface area contributed by atoms with E-state index in [0.717, 1.165) is 32.1 Å². The molecule has 108 valence electrons. The summed E-state index contributed by atoms with van der Waals surface area (Å²) in [5.41, 5.74) is 5.36. The Hall–Kier alpha value is -1.32. The Balaban J connectivity index is 2.28. The molecule has 19 heavy (non-hydrogen) atoms. The number of hydrogen-bond donors (Lipinski definition) is 1. The molecule has 1 rings (SSSR count). The highest BCUT2D eigenvalue weighted by Crippen LogP contribution is 2.23. The van der Waals surface area contributed by atoms with E-state index in [1.54, 1.807) is 4.90 Å². The Morgan fingerprint density at radius 1 is 1.32 bits per heavy atom. The molecule has 1 heterocycles. The van der Waals surface area contributed by atoms with Gasteiger partial charge in [0.25, 0.3) is 0 Å². The lowest BCUT2D eigenvalue weighted by Crippen LogP contribution is -2.43. The van der Waals surface area contributed by atoms with Gasteiger partial charge in [-0.25, -0.2) is 0 Å². The Labute approximate surface area is 116 Å². The minimum absolute atomic E-state index is 0.0804. The molecule has 0 spiro atoms. The second-order valence-corrected chi connectivity index (χ2v) is 5.55. The maximum atomic E-state index is 12.1. The van der Waals surface area contributed by atoms with Crippen LogP contribution in [0.1, 0.15) is 51.9 Å². The fourth-order valence-corrected chi connectivity index (χ4v) is 2.65. The molecule has 0 unspecified atom stereocenters. The SMILES string of the molecule is C=CCCCCCCC(=O)N1C[C@H](C)C[C@H]1C(N)=O. The van der Waals surface area contributed by atoms with E-state index >= 15 is 0 Å². The van der Waals surface area contributed by atoms with Crippen molar-refractivity contribution in [2.45, 2.75) is 57.9 Å². The third-order valence-electron chi connectivity index (χ3n) is 3.71. The number of allylic oxidation sites excluding steroid dienone is 1. The molecular formula is C15H26N2O2. The number of hydrogen-bond acceptors (Lipinski definition) is 2. The molecule has 0 aromatic rings. The Bertz CT molecular complexity index is 328. The lowest BCUT2D eigenvalue weighted by molar-refractivity contribution is -0.137. The van der Waals surface area contributed by atoms with Crippen LogP contribution in [0.3, 0.4) is 0 Å². The third kappa shape index (κ3) is 5.05. The number of amides is 2. The van der Waals surface area contributed by atoms with Crippen LogP contribution in [-0.4, -0.2) is 29.3 Å². The number of carbonyl (C=O) groups excluding carboxylic acids is 2. The number of carbonyl (C=O) groups is 2. The predicted molar refractivity (Wildman–Crippen MR) is 76.4 cm³/mol. The number of unbranched alkanes of at least 4 members (excludes halogenated alkanes) is 4. The average Bonchev–Trinajstić information content (AvgIpc) is 2.76. The molecular weight excluding hydrogens is 240 g/mol. The minimum Gasteiger partial charge on any atom is -0.368 e. The van der Waals surface area contributed by atoms with Gasteiger partial charge in [-0.3, -0.25) is 9.59 Å². The molecule has 0 bridgehead atoms. The molecule has 2 N–H and O–H groups in total. The second kappa shape index (κ2) is 7.97. The summed E-state index contributed by atoms with van der Waals surface area (Å²) in [5.74, 6) is 0.0783. The number of likely N-dealkylation sites (tertiary alicyclic amines) is 1. The summed E-state index contributed by atoms with van der Waals surface area (Å²) in [6.07, 6.45) is 8.44. The largest absolute Gasteiger partial charge is 0.368 e. The van der Waals surface area contributed by atoms with Crippen LogP contribution in [0.5, 0.6) is 0 Å². The highest BCUT2D eigenvalue weighted by molar-refractivity contribution is 5.87. The molecule has 1 saturated heterocycles. The first-order chi connectivity index (χ1) is 9.06. The van der Waals surface area contributed by atoms with Gasteiger partial charge in [0.1, 0.15) is 6.04 Å². The highest BCUT2D eigenvalue weighted by atomic mass is 16.2. The summed E-state index contributed by atoms with van der Waals surface area (Å²) >= 11 is 0. The zero-order chi connectivity index (χ0) is 14.3. The molecule has 0 aromatic heterocycles. The highest BCUT2D eigenvalue weighted by Gasteiger charge is 2.35. The quantitative estimate of drug-likeness (QED) is 0.541. The lowest BCUT2D eigenvalue weighted by atomic mass is 10.1. The van der Waals surface area contributed by atoms with Crippen molar-refractivity contribution in [2.75, 3.05) is 6.54 Å². The number of rotatable bonds is 8. The van der Waals surface area contributed by atoms with E-state index in [1.165, 1.54) is 0 Å². The van der Waals surface area contributed by atoms with E-state index in [4.69, 9.17) is 5.73 Å². The molecule has 1 aliphatic rings. The van der Waals surface area contributed by atoms with Crippen molar-refractivity contribution in [2.24, 2.45) is 11.7 Å². The minimum atomic E-state index is -0.386. The van der Waals surface area contributed by atoms with Crippen LogP contribution in [0.25, 0.3) is 0 Å². The Morgan fingerprint density at radius 3 is 2.63 bits per heavy atom. The first-order valence-corrected chi connectivity index (χ1v) is 7.26. The van der Waals surface area contributed by atoms with Crippen molar-refractivity contribution in [3.05, 3.63) is 12.7 Å². The monoisotopic (exact) mass is 266 g/mol. The Kier molecular flexibility index (Phi) is 6.60. The fourth-order valence-electron chi connectivity index (χ4n) is 2.65. The summed E-state index contributed by atoms with van der Waals surface area (Å²) in [6.45, 7) is 6.41. The van der Waals surface area contributed by atoms with Crippen molar-refractivity contribution in [1.82, 2.24) is 4.90 Å². The van der Waals surface area contributed by atoms with Crippen LogP contribution in [0.4, 0.5) is 0 Å². The molecule has 0 radical (unpaired) electrons. The van der Waals surface area contributed by atoms with E-state index in [2.05, 4.69) is 13.5 Å². The molecule has 0 saturated carbocycles. The molecule has 4 nitrogen and oxygen atoms in total. The van der Waals surface area contributed by atoms with Crippen LogP contribution in [-0.2, 0) is 9.59 Å². The molecule has 1 fully saturated rings. The van der Waals surface area contributed by atoms with Gasteiger partial charge in [0, 0.05) is 13.0 Å². The van der Waals surface area contributed by atoms with Crippen molar-refractivity contribution < 1.29 is 9.59 Å². The van der Waals surface area contributed by atoms with Crippen molar-refractivity contribution in [3.63, 3.8) is 0 Å². The van der Waals surface area contributed by atoms with Crippen LogP contribution >= 0.6 is 0 Å². The van der Waals surface area contributed by atoms with E-state index in [0.29, 0.717) is 25.3 Å². The van der Waals surface area contributed by atoms with E-state index in [9.17, 15) is 9.59 Å². The summed E-state index contributed by atoms with van der Waals surface area (Å²) in [7, 11) is 0. The Morgan fingerprint density at radius 2 is 2.00 bits per heavy atom. The van der Waals surface area contributed by atoms with Crippen molar-refractivity contribution in [3.8, 4) is 0 Å². The zero-order valence-electron chi connectivity index (χ0n) is 11.9. The van der Waals surface area contributed by atoms with Crippen molar-refractivity contribution in [1.29, 1.82) is 0 Å². The molecule has 2 atom stereocenters. The van der Waals surface area contributed by atoms with Crippen LogP contribution in [0.2, 0.25) is 0 Å². The van der Waals surface area contributed by atoms with Gasteiger partial charge >= 0.3 is 0 Å². The molecule has 0 aromatic carbocycles. The predicted octanol–water partition coefficient (Wildman–Crippen LogP) is 2.24. The van der Waals surface area contributed by atoms with Gasteiger partial charge in [-0.1, -0.05) is 25.8 Å². The van der Waals surface area contributed by atoms with Gasteiger partial charge in [0.05, 0.1) is 0 Å². The summed E-state index contributed by atoms with van der Waals surface area (Å²) in [4.78, 5) is 25.1. The maximum Gasteiger partial charge on any atom is 0.240 e. The molecule has 4 heteroatoms. The standard InChI is InChI=1S/C15H26N2O2/c1-3-4-5-6-7-8-9-14(18)17-11-12(2)10-13(17)15(16)19/h3,12-13H,1,4-11H2,2H3,(H2,16,19)/t12-,13+/m1/s1. The smallest absolute Gasteiger partial charge is 0.240 e. The van der Waals surface area contributed by atoms with Crippen LogP contribution in [0, 0.1) is 5.92 Å². The van der Waals surface area contributed by atoms with Gasteiger partial charge in [0.15, 0.2) is 0 Å². The van der Waals surface area contributed by atoms with E-state index < -0.39 is 0 Å². The maximum absolute atomic E-state index is 12.1. The first kappa shape index (κ1) is 15.7. The van der Waals surface area contributed by atoms with Gasteiger partial charge in [-0.15, -0.1) is 6.58 Å². The molecule has 2 amide bonds.